The Kier molecular flexibility index (Phi) is 7.36. The molecule has 156 valence electrons. The van der Waals surface area contributed by atoms with E-state index >= 15 is 0 Å². The fourth-order valence-corrected chi connectivity index (χ4v) is 4.31. The molecule has 2 aromatic carbocycles. The third kappa shape index (κ3) is 5.76. The van der Waals surface area contributed by atoms with Gasteiger partial charge in [0.1, 0.15) is 5.75 Å². The lowest BCUT2D eigenvalue weighted by molar-refractivity contribution is 0.103. The van der Waals surface area contributed by atoms with E-state index in [-0.39, 0.29) is 16.4 Å². The molecule has 3 rings (SSSR count). The zero-order chi connectivity index (χ0) is 21.4. The van der Waals surface area contributed by atoms with Crippen LogP contribution in [0.15, 0.2) is 77.8 Å². The predicted molar refractivity (Wildman–Crippen MR) is 117 cm³/mol. The second kappa shape index (κ2) is 10.2. The molecular weight excluding hydrogens is 398 g/mol. The minimum Gasteiger partial charge on any atom is -0.439 e. The molecular formula is C24H25NO4S. The first-order valence-electron chi connectivity index (χ1n) is 10.1. The summed E-state index contributed by atoms with van der Waals surface area (Å²) in [4.78, 5) is 16.8. The standard InChI is InChI=1S/C24H25NO4S/c1-2-3-4-8-17-30(27,28)22-15-16-23(25-18-22)29-21-13-11-20(12-14-21)24(26)19-9-6-5-7-10-19/h5-7,9-16,18H,2-4,8,17H2,1H3. The SMILES string of the molecule is CCCCCCS(=O)(=O)c1ccc(Oc2ccc(C(=O)c3ccccc3)cc2)nc1. The van der Waals surface area contributed by atoms with E-state index in [0.717, 1.165) is 19.3 Å². The first-order chi connectivity index (χ1) is 14.5. The third-order valence-corrected chi connectivity index (χ3v) is 6.50. The molecule has 0 fully saturated rings. The number of sulfone groups is 1. The number of hydrogen-bond donors (Lipinski definition) is 0. The summed E-state index contributed by atoms with van der Waals surface area (Å²) in [5.74, 6) is 0.879. The Morgan fingerprint density at radius 1 is 0.867 bits per heavy atom. The molecule has 0 atom stereocenters. The Bertz CT molecular complexity index is 1060. The van der Waals surface area contributed by atoms with E-state index in [9.17, 15) is 13.2 Å². The van der Waals surface area contributed by atoms with Gasteiger partial charge in [-0.05, 0) is 36.8 Å². The van der Waals surface area contributed by atoms with Crippen molar-refractivity contribution in [2.75, 3.05) is 5.75 Å². The largest absolute Gasteiger partial charge is 0.439 e. The monoisotopic (exact) mass is 423 g/mol. The average Bonchev–Trinajstić information content (AvgIpc) is 2.78. The number of unbranched alkanes of at least 4 members (excludes halogenated alkanes) is 3. The van der Waals surface area contributed by atoms with Gasteiger partial charge in [0.25, 0.3) is 0 Å². The van der Waals surface area contributed by atoms with E-state index in [0.29, 0.717) is 29.2 Å². The van der Waals surface area contributed by atoms with Gasteiger partial charge < -0.3 is 4.74 Å². The van der Waals surface area contributed by atoms with Crippen LogP contribution in [0, 0.1) is 0 Å². The Balaban J connectivity index is 1.62. The first kappa shape index (κ1) is 21.7. The number of carbonyl (C=O) groups is 1. The van der Waals surface area contributed by atoms with Gasteiger partial charge >= 0.3 is 0 Å². The number of aromatic nitrogens is 1. The summed E-state index contributed by atoms with van der Waals surface area (Å²) in [6, 6.07) is 18.9. The van der Waals surface area contributed by atoms with E-state index < -0.39 is 9.84 Å². The molecule has 0 bridgehead atoms. The molecule has 0 radical (unpaired) electrons. The van der Waals surface area contributed by atoms with Crippen LogP contribution in [0.2, 0.25) is 0 Å². The molecule has 0 saturated heterocycles. The van der Waals surface area contributed by atoms with Crippen molar-refractivity contribution in [1.82, 2.24) is 4.98 Å². The lowest BCUT2D eigenvalue weighted by atomic mass is 10.0. The van der Waals surface area contributed by atoms with Crippen LogP contribution in [0.1, 0.15) is 48.5 Å². The number of rotatable bonds is 10. The smallest absolute Gasteiger partial charge is 0.219 e. The lowest BCUT2D eigenvalue weighted by Gasteiger charge is -2.08. The number of ketones is 1. The van der Waals surface area contributed by atoms with Gasteiger partial charge in [-0.2, -0.15) is 0 Å². The van der Waals surface area contributed by atoms with E-state index in [1.165, 1.54) is 12.3 Å². The van der Waals surface area contributed by atoms with Crippen molar-refractivity contribution in [3.63, 3.8) is 0 Å². The maximum absolute atomic E-state index is 12.4. The van der Waals surface area contributed by atoms with E-state index in [1.54, 1.807) is 42.5 Å². The van der Waals surface area contributed by atoms with E-state index in [1.807, 2.05) is 18.2 Å². The molecule has 30 heavy (non-hydrogen) atoms. The summed E-state index contributed by atoms with van der Waals surface area (Å²) in [5.41, 5.74) is 1.19. The molecule has 0 spiro atoms. The Morgan fingerprint density at radius 2 is 1.57 bits per heavy atom. The predicted octanol–water partition coefficient (Wildman–Crippen LogP) is 5.46. The summed E-state index contributed by atoms with van der Waals surface area (Å²) >= 11 is 0. The highest BCUT2D eigenvalue weighted by Crippen LogP contribution is 2.22. The normalized spacial score (nSPS) is 11.2. The molecule has 6 heteroatoms. The Hall–Kier alpha value is -2.99. The van der Waals surface area contributed by atoms with Gasteiger partial charge in [-0.25, -0.2) is 13.4 Å². The van der Waals surface area contributed by atoms with Gasteiger partial charge in [0.15, 0.2) is 15.6 Å². The van der Waals surface area contributed by atoms with Gasteiger partial charge in [0.2, 0.25) is 5.88 Å². The van der Waals surface area contributed by atoms with Gasteiger partial charge in [-0.3, -0.25) is 4.79 Å². The fourth-order valence-electron chi connectivity index (χ4n) is 3.00. The summed E-state index contributed by atoms with van der Waals surface area (Å²) < 4.78 is 30.4. The summed E-state index contributed by atoms with van der Waals surface area (Å²) in [6.45, 7) is 2.09. The van der Waals surface area contributed by atoms with Crippen molar-refractivity contribution in [3.8, 4) is 11.6 Å². The van der Waals surface area contributed by atoms with Crippen molar-refractivity contribution in [2.45, 2.75) is 37.5 Å². The van der Waals surface area contributed by atoms with Gasteiger partial charge in [-0.1, -0.05) is 56.5 Å². The minimum atomic E-state index is -3.33. The van der Waals surface area contributed by atoms with Crippen LogP contribution >= 0.6 is 0 Å². The summed E-state index contributed by atoms with van der Waals surface area (Å²) in [5, 5.41) is 0. The molecule has 0 aliphatic heterocycles. The van der Waals surface area contributed by atoms with Crippen molar-refractivity contribution in [2.24, 2.45) is 0 Å². The van der Waals surface area contributed by atoms with Crippen LogP contribution in [-0.2, 0) is 9.84 Å². The summed E-state index contributed by atoms with van der Waals surface area (Å²) in [6.07, 6.45) is 5.00. The van der Waals surface area contributed by atoms with E-state index in [2.05, 4.69) is 11.9 Å². The van der Waals surface area contributed by atoms with Crippen molar-refractivity contribution >= 4 is 15.6 Å². The minimum absolute atomic E-state index is 0.0613. The maximum atomic E-state index is 12.4. The van der Waals surface area contributed by atoms with Gasteiger partial charge in [0, 0.05) is 23.4 Å². The third-order valence-electron chi connectivity index (χ3n) is 4.71. The first-order valence-corrected chi connectivity index (χ1v) is 11.7. The molecule has 3 aromatic rings. The highest BCUT2D eigenvalue weighted by atomic mass is 32.2. The van der Waals surface area contributed by atoms with E-state index in [4.69, 9.17) is 4.74 Å². The molecule has 0 aliphatic rings. The fraction of sp³-hybridized carbons (Fsp3) is 0.250. The molecule has 0 N–H and O–H groups in total. The van der Waals surface area contributed by atoms with Gasteiger partial charge in [0.05, 0.1) is 10.6 Å². The zero-order valence-electron chi connectivity index (χ0n) is 17.0. The topological polar surface area (TPSA) is 73.3 Å². The quantitative estimate of drug-likeness (QED) is 0.320. The second-order valence-corrected chi connectivity index (χ2v) is 9.14. The second-order valence-electron chi connectivity index (χ2n) is 7.03. The van der Waals surface area contributed by atoms with Crippen molar-refractivity contribution in [3.05, 3.63) is 84.1 Å². The number of ether oxygens (including phenoxy) is 1. The molecule has 0 saturated carbocycles. The number of nitrogens with zero attached hydrogens (tertiary/aromatic N) is 1. The van der Waals surface area contributed by atoms with Crippen LogP contribution in [0.5, 0.6) is 11.6 Å². The van der Waals surface area contributed by atoms with Gasteiger partial charge in [-0.15, -0.1) is 0 Å². The number of benzene rings is 2. The molecule has 1 heterocycles. The Labute approximate surface area is 177 Å². The molecule has 0 amide bonds. The van der Waals surface area contributed by atoms with Crippen molar-refractivity contribution in [1.29, 1.82) is 0 Å². The Morgan fingerprint density at radius 3 is 2.20 bits per heavy atom. The highest BCUT2D eigenvalue weighted by Gasteiger charge is 2.15. The maximum Gasteiger partial charge on any atom is 0.219 e. The molecule has 1 aromatic heterocycles. The number of pyridine rings is 1. The van der Waals surface area contributed by atoms with Crippen LogP contribution < -0.4 is 4.74 Å². The summed E-state index contributed by atoms with van der Waals surface area (Å²) in [7, 11) is -3.33. The number of hydrogen-bond acceptors (Lipinski definition) is 5. The number of carbonyl (C=O) groups excluding carboxylic acids is 1. The molecule has 5 nitrogen and oxygen atoms in total. The van der Waals surface area contributed by atoms with Crippen molar-refractivity contribution < 1.29 is 17.9 Å². The van der Waals surface area contributed by atoms with Crippen LogP contribution in [0.3, 0.4) is 0 Å². The van der Waals surface area contributed by atoms with Crippen LogP contribution in [0.25, 0.3) is 0 Å². The highest BCUT2D eigenvalue weighted by molar-refractivity contribution is 7.91. The van der Waals surface area contributed by atoms with Crippen LogP contribution in [0.4, 0.5) is 0 Å². The lowest BCUT2D eigenvalue weighted by Crippen LogP contribution is -2.07. The molecule has 0 unspecified atom stereocenters. The zero-order valence-corrected chi connectivity index (χ0v) is 17.8. The molecule has 0 aliphatic carbocycles. The average molecular weight is 424 g/mol. The van der Waals surface area contributed by atoms with Crippen LogP contribution in [-0.4, -0.2) is 24.9 Å².